The van der Waals surface area contributed by atoms with Crippen LogP contribution in [0.2, 0.25) is 5.02 Å². The van der Waals surface area contributed by atoms with E-state index in [1.165, 1.54) is 0 Å². The lowest BCUT2D eigenvalue weighted by molar-refractivity contribution is -0.121. The van der Waals surface area contributed by atoms with Crippen molar-refractivity contribution in [2.75, 3.05) is 43.1 Å². The number of sulfone groups is 1. The quantitative estimate of drug-likeness (QED) is 0.445. The van der Waals surface area contributed by atoms with Crippen LogP contribution in [0.3, 0.4) is 0 Å². The van der Waals surface area contributed by atoms with Gasteiger partial charge in [0, 0.05) is 55.9 Å². The van der Waals surface area contributed by atoms with Crippen LogP contribution in [0.1, 0.15) is 19.3 Å². The first-order valence-corrected chi connectivity index (χ1v) is 12.0. The Morgan fingerprint density at radius 2 is 2.10 bits per heavy atom. The summed E-state index contributed by atoms with van der Waals surface area (Å²) < 4.78 is 22.9. The Morgan fingerprint density at radius 3 is 2.79 bits per heavy atom. The summed E-state index contributed by atoms with van der Waals surface area (Å²) in [6.45, 7) is 2.20. The molecule has 2 fully saturated rings. The van der Waals surface area contributed by atoms with E-state index in [0.717, 1.165) is 30.2 Å². The minimum atomic E-state index is -2.99. The van der Waals surface area contributed by atoms with Crippen molar-refractivity contribution >= 4 is 39.0 Å². The standard InChI is InChI=1S/C19H28ClN5O3S/c1-21-19(22-8-5-18(26)23-16-7-10-29(27,28)13-16)24-15-6-9-25(12-15)17-4-2-3-14(20)11-17/h2-4,11,15-16H,5-10,12-13H2,1H3,(H,23,26)(H2,21,22,24). The zero-order chi connectivity index (χ0) is 20.9. The van der Waals surface area contributed by atoms with Gasteiger partial charge >= 0.3 is 0 Å². The SMILES string of the molecule is CN=C(NCCC(=O)NC1CCS(=O)(=O)C1)NC1CCN(c2cccc(Cl)c2)C1. The van der Waals surface area contributed by atoms with E-state index in [9.17, 15) is 13.2 Å². The van der Waals surface area contributed by atoms with E-state index in [2.05, 4.69) is 31.9 Å². The zero-order valence-corrected chi connectivity index (χ0v) is 18.1. The molecule has 2 atom stereocenters. The van der Waals surface area contributed by atoms with E-state index >= 15 is 0 Å². The number of amides is 1. The Balaban J connectivity index is 1.38. The minimum Gasteiger partial charge on any atom is -0.369 e. The van der Waals surface area contributed by atoms with Crippen molar-refractivity contribution in [3.05, 3.63) is 29.3 Å². The van der Waals surface area contributed by atoms with Gasteiger partial charge in [0.25, 0.3) is 0 Å². The van der Waals surface area contributed by atoms with Gasteiger partial charge in [-0.15, -0.1) is 0 Å². The molecule has 2 aliphatic heterocycles. The molecule has 2 aliphatic rings. The highest BCUT2D eigenvalue weighted by atomic mass is 35.5. The molecule has 8 nitrogen and oxygen atoms in total. The van der Waals surface area contributed by atoms with Gasteiger partial charge in [-0.1, -0.05) is 17.7 Å². The highest BCUT2D eigenvalue weighted by Gasteiger charge is 2.28. The summed E-state index contributed by atoms with van der Waals surface area (Å²) in [5.74, 6) is 0.697. The number of guanidine groups is 1. The van der Waals surface area contributed by atoms with Crippen LogP contribution in [-0.4, -0.2) is 70.6 Å². The molecule has 2 saturated heterocycles. The molecule has 0 aliphatic carbocycles. The third-order valence-corrected chi connectivity index (χ3v) is 7.17. The van der Waals surface area contributed by atoms with Crippen molar-refractivity contribution in [1.82, 2.24) is 16.0 Å². The largest absolute Gasteiger partial charge is 0.369 e. The van der Waals surface area contributed by atoms with E-state index in [1.54, 1.807) is 7.05 Å². The second-order valence-electron chi connectivity index (χ2n) is 7.47. The van der Waals surface area contributed by atoms with Crippen molar-refractivity contribution in [3.63, 3.8) is 0 Å². The summed E-state index contributed by atoms with van der Waals surface area (Å²) >= 11 is 6.08. The summed E-state index contributed by atoms with van der Waals surface area (Å²) in [5, 5.41) is 10.1. The first-order chi connectivity index (χ1) is 13.8. The zero-order valence-electron chi connectivity index (χ0n) is 16.5. The Labute approximate surface area is 177 Å². The Morgan fingerprint density at radius 1 is 1.28 bits per heavy atom. The highest BCUT2D eigenvalue weighted by molar-refractivity contribution is 7.91. The lowest BCUT2D eigenvalue weighted by atomic mass is 10.2. The average Bonchev–Trinajstić information content (AvgIpc) is 3.27. The number of hydrogen-bond acceptors (Lipinski definition) is 5. The van der Waals surface area contributed by atoms with Crippen LogP contribution in [0.15, 0.2) is 29.3 Å². The molecule has 0 saturated carbocycles. The molecule has 1 aromatic rings. The van der Waals surface area contributed by atoms with Crippen molar-refractivity contribution in [2.24, 2.45) is 4.99 Å². The number of rotatable bonds is 6. The molecule has 160 valence electrons. The van der Waals surface area contributed by atoms with Crippen LogP contribution >= 0.6 is 11.6 Å². The Bertz CT molecular complexity index is 861. The number of carbonyl (C=O) groups excluding carboxylic acids is 1. The third kappa shape index (κ3) is 6.50. The molecule has 3 rings (SSSR count). The summed E-state index contributed by atoms with van der Waals surface area (Å²) in [6.07, 6.45) is 1.73. The van der Waals surface area contributed by atoms with Crippen LogP contribution in [0.4, 0.5) is 5.69 Å². The van der Waals surface area contributed by atoms with E-state index in [-0.39, 0.29) is 35.9 Å². The van der Waals surface area contributed by atoms with Crippen LogP contribution in [0, 0.1) is 0 Å². The summed E-state index contributed by atoms with van der Waals surface area (Å²) in [7, 11) is -1.29. The second-order valence-corrected chi connectivity index (χ2v) is 10.1. The van der Waals surface area contributed by atoms with E-state index in [1.807, 2.05) is 18.2 Å². The summed E-state index contributed by atoms with van der Waals surface area (Å²) in [4.78, 5) is 18.5. The van der Waals surface area contributed by atoms with Gasteiger partial charge in [-0.05, 0) is 31.0 Å². The van der Waals surface area contributed by atoms with Crippen molar-refractivity contribution in [1.29, 1.82) is 0 Å². The first-order valence-electron chi connectivity index (χ1n) is 9.82. The molecule has 0 aromatic heterocycles. The van der Waals surface area contributed by atoms with Gasteiger partial charge in [-0.3, -0.25) is 9.79 Å². The van der Waals surface area contributed by atoms with Crippen LogP contribution in [0.25, 0.3) is 0 Å². The number of halogens is 1. The van der Waals surface area contributed by atoms with Crippen LogP contribution < -0.4 is 20.9 Å². The molecular formula is C19H28ClN5O3S. The van der Waals surface area contributed by atoms with E-state index in [0.29, 0.717) is 18.9 Å². The van der Waals surface area contributed by atoms with Crippen molar-refractivity contribution in [2.45, 2.75) is 31.3 Å². The van der Waals surface area contributed by atoms with Gasteiger partial charge in [-0.25, -0.2) is 8.42 Å². The summed E-state index contributed by atoms with van der Waals surface area (Å²) in [5.41, 5.74) is 1.11. The van der Waals surface area contributed by atoms with Gasteiger partial charge in [0.1, 0.15) is 0 Å². The first kappa shape index (κ1) is 21.7. The van der Waals surface area contributed by atoms with Gasteiger partial charge in [-0.2, -0.15) is 0 Å². The van der Waals surface area contributed by atoms with Gasteiger partial charge in [0.05, 0.1) is 11.5 Å². The predicted molar refractivity (Wildman–Crippen MR) is 116 cm³/mol. The fourth-order valence-corrected chi connectivity index (χ4v) is 5.53. The number of nitrogens with zero attached hydrogens (tertiary/aromatic N) is 2. The minimum absolute atomic E-state index is 0.0419. The number of aliphatic imine (C=N–C) groups is 1. The Kier molecular flexibility index (Phi) is 7.23. The maximum atomic E-state index is 12.0. The molecule has 0 spiro atoms. The lowest BCUT2D eigenvalue weighted by Gasteiger charge is -2.20. The third-order valence-electron chi connectivity index (χ3n) is 5.17. The molecule has 1 amide bonds. The molecule has 1 aromatic carbocycles. The fraction of sp³-hybridized carbons (Fsp3) is 0.579. The number of hydrogen-bond donors (Lipinski definition) is 3. The Hall–Kier alpha value is -2.00. The normalized spacial score (nSPS) is 23.8. The number of anilines is 1. The van der Waals surface area contributed by atoms with Crippen molar-refractivity contribution < 1.29 is 13.2 Å². The van der Waals surface area contributed by atoms with E-state index in [4.69, 9.17) is 11.6 Å². The molecular weight excluding hydrogens is 414 g/mol. The molecule has 0 bridgehead atoms. The van der Waals surface area contributed by atoms with E-state index < -0.39 is 9.84 Å². The van der Waals surface area contributed by atoms with Crippen molar-refractivity contribution in [3.8, 4) is 0 Å². The predicted octanol–water partition coefficient (Wildman–Crippen LogP) is 0.777. The molecule has 2 heterocycles. The molecule has 2 unspecified atom stereocenters. The lowest BCUT2D eigenvalue weighted by Crippen LogP contribution is -2.45. The number of nitrogens with one attached hydrogen (secondary N) is 3. The fourth-order valence-electron chi connectivity index (χ4n) is 3.68. The second kappa shape index (κ2) is 9.67. The molecule has 29 heavy (non-hydrogen) atoms. The summed E-state index contributed by atoms with van der Waals surface area (Å²) in [6, 6.07) is 7.81. The number of carbonyl (C=O) groups is 1. The monoisotopic (exact) mass is 441 g/mol. The number of benzene rings is 1. The van der Waals surface area contributed by atoms with Crippen LogP contribution in [0.5, 0.6) is 0 Å². The average molecular weight is 442 g/mol. The molecule has 3 N–H and O–H groups in total. The van der Waals surface area contributed by atoms with Gasteiger partial charge in [0.2, 0.25) is 5.91 Å². The maximum absolute atomic E-state index is 12.0. The maximum Gasteiger partial charge on any atom is 0.222 e. The smallest absolute Gasteiger partial charge is 0.222 e. The van der Waals surface area contributed by atoms with Gasteiger partial charge < -0.3 is 20.9 Å². The van der Waals surface area contributed by atoms with Gasteiger partial charge in [0.15, 0.2) is 15.8 Å². The molecule has 0 radical (unpaired) electrons. The van der Waals surface area contributed by atoms with Crippen LogP contribution in [-0.2, 0) is 14.6 Å². The highest BCUT2D eigenvalue weighted by Crippen LogP contribution is 2.23. The molecule has 10 heteroatoms. The topological polar surface area (TPSA) is 103 Å².